The van der Waals surface area contributed by atoms with Crippen molar-refractivity contribution in [2.24, 2.45) is 5.92 Å². The lowest BCUT2D eigenvalue weighted by atomic mass is 9.89. The lowest BCUT2D eigenvalue weighted by molar-refractivity contribution is 0.0705. The van der Waals surface area contributed by atoms with Crippen LogP contribution >= 0.6 is 0 Å². The fourth-order valence-electron chi connectivity index (χ4n) is 4.42. The maximum Gasteiger partial charge on any atom is 0.282 e. The molecule has 2 atom stereocenters. The third-order valence-corrected chi connectivity index (χ3v) is 8.04. The third-order valence-electron chi connectivity index (χ3n) is 6.07. The summed E-state index contributed by atoms with van der Waals surface area (Å²) < 4.78 is 47.6. The van der Waals surface area contributed by atoms with Crippen LogP contribution in [0, 0.1) is 5.92 Å². The second kappa shape index (κ2) is 8.10. The van der Waals surface area contributed by atoms with Gasteiger partial charge in [-0.25, -0.2) is 4.98 Å². The monoisotopic (exact) mass is 401 g/mol. The van der Waals surface area contributed by atoms with Crippen molar-refractivity contribution in [1.82, 2.24) is 23.8 Å². The molecule has 0 aromatic carbocycles. The fraction of sp³-hybridized carbons (Fsp3) is 0.882. The molecule has 1 aromatic rings. The zero-order valence-electron chi connectivity index (χ0n) is 15.5. The number of rotatable bonds is 5. The van der Waals surface area contributed by atoms with Crippen LogP contribution < -0.4 is 0 Å². The Balaban J connectivity index is 1.49. The summed E-state index contributed by atoms with van der Waals surface area (Å²) in [6.07, 6.45) is 5.82. The second-order valence-electron chi connectivity index (χ2n) is 7.77. The van der Waals surface area contributed by atoms with Crippen molar-refractivity contribution in [1.29, 1.82) is 0 Å². The predicted molar refractivity (Wildman–Crippen MR) is 97.3 cm³/mol. The number of nitrogens with one attached hydrogen (secondary N) is 1. The van der Waals surface area contributed by atoms with Crippen molar-refractivity contribution >= 4 is 10.2 Å². The van der Waals surface area contributed by atoms with Crippen molar-refractivity contribution in [3.8, 4) is 0 Å². The molecule has 1 aliphatic carbocycles. The molecule has 152 valence electrons. The molecule has 0 spiro atoms. The fourth-order valence-corrected chi connectivity index (χ4v) is 6.09. The number of halogens is 1. The zero-order valence-corrected chi connectivity index (χ0v) is 16.3. The van der Waals surface area contributed by atoms with Gasteiger partial charge in [-0.3, -0.25) is 9.49 Å². The highest BCUT2D eigenvalue weighted by molar-refractivity contribution is 7.86. The van der Waals surface area contributed by atoms with Crippen LogP contribution in [-0.4, -0.2) is 78.3 Å². The molecule has 2 aliphatic heterocycles. The molecular formula is C17H28FN5O3S. The van der Waals surface area contributed by atoms with Gasteiger partial charge in [0.05, 0.1) is 19.9 Å². The first kappa shape index (κ1) is 19.2. The van der Waals surface area contributed by atoms with Gasteiger partial charge in [-0.15, -0.1) is 0 Å². The minimum absolute atomic E-state index is 0.181. The Morgan fingerprint density at radius 2 is 1.85 bits per heavy atom. The van der Waals surface area contributed by atoms with Crippen molar-refractivity contribution in [3.05, 3.63) is 11.6 Å². The zero-order chi connectivity index (χ0) is 18.9. The molecule has 4 rings (SSSR count). The topological polar surface area (TPSA) is 91.4 Å². The third kappa shape index (κ3) is 3.90. The van der Waals surface area contributed by atoms with Gasteiger partial charge in [-0.2, -0.15) is 22.1 Å². The van der Waals surface area contributed by atoms with Gasteiger partial charge in [0.1, 0.15) is 5.82 Å². The quantitative estimate of drug-likeness (QED) is 0.806. The Bertz CT molecular complexity index is 731. The number of aromatic nitrogens is 3. The Morgan fingerprint density at radius 3 is 2.56 bits per heavy atom. The maximum atomic E-state index is 13.7. The van der Waals surface area contributed by atoms with Crippen LogP contribution in [-0.2, 0) is 14.9 Å². The van der Waals surface area contributed by atoms with E-state index in [0.717, 1.165) is 18.7 Å². The molecule has 0 unspecified atom stereocenters. The van der Waals surface area contributed by atoms with Gasteiger partial charge in [0.2, 0.25) is 0 Å². The Labute approximate surface area is 159 Å². The number of hydrogen-bond donors (Lipinski definition) is 1. The molecule has 1 N–H and O–H groups in total. The average molecular weight is 402 g/mol. The van der Waals surface area contributed by atoms with Gasteiger partial charge >= 0.3 is 0 Å². The van der Waals surface area contributed by atoms with Crippen LogP contribution in [0.5, 0.6) is 0 Å². The second-order valence-corrected chi connectivity index (χ2v) is 9.70. The van der Waals surface area contributed by atoms with Crippen molar-refractivity contribution in [3.63, 3.8) is 0 Å². The Hall–Kier alpha value is -1.10. The SMILES string of the molecule is O=S(=O)(N1CCOCC1)N1C[C@@H](CF)[C@H](c2nc(C3CCCCC3)n[nH]2)C1. The van der Waals surface area contributed by atoms with Crippen molar-refractivity contribution in [2.75, 3.05) is 46.1 Å². The molecule has 3 heterocycles. The molecule has 1 aromatic heterocycles. The van der Waals surface area contributed by atoms with Gasteiger partial charge in [0, 0.05) is 43.9 Å². The molecule has 3 aliphatic rings. The van der Waals surface area contributed by atoms with E-state index in [0.29, 0.717) is 38.0 Å². The van der Waals surface area contributed by atoms with E-state index >= 15 is 0 Å². The molecular weight excluding hydrogens is 373 g/mol. The summed E-state index contributed by atoms with van der Waals surface area (Å²) in [7, 11) is -3.60. The predicted octanol–water partition coefficient (Wildman–Crippen LogP) is 1.41. The van der Waals surface area contributed by atoms with Gasteiger partial charge < -0.3 is 4.74 Å². The molecule has 10 heteroatoms. The Morgan fingerprint density at radius 1 is 1.11 bits per heavy atom. The number of alkyl halides is 1. The summed E-state index contributed by atoms with van der Waals surface area (Å²) in [5, 5.41) is 7.35. The lowest BCUT2D eigenvalue weighted by Crippen LogP contribution is -2.48. The normalized spacial score (nSPS) is 29.4. The number of nitrogens with zero attached hydrogens (tertiary/aromatic N) is 4. The van der Waals surface area contributed by atoms with E-state index in [4.69, 9.17) is 4.74 Å². The summed E-state index contributed by atoms with van der Waals surface area (Å²) in [6, 6.07) is 0. The smallest absolute Gasteiger partial charge is 0.282 e. The van der Waals surface area contributed by atoms with Crippen LogP contribution in [0.1, 0.15) is 55.6 Å². The van der Waals surface area contributed by atoms with Gasteiger partial charge in [-0.05, 0) is 12.8 Å². The maximum absolute atomic E-state index is 13.7. The van der Waals surface area contributed by atoms with Crippen LogP contribution in [0.25, 0.3) is 0 Å². The molecule has 27 heavy (non-hydrogen) atoms. The number of ether oxygens (including phenoxy) is 1. The molecule has 0 bridgehead atoms. The van der Waals surface area contributed by atoms with E-state index < -0.39 is 22.8 Å². The largest absolute Gasteiger partial charge is 0.379 e. The van der Waals surface area contributed by atoms with E-state index in [1.54, 1.807) is 0 Å². The molecule has 1 saturated carbocycles. The first-order valence-electron chi connectivity index (χ1n) is 9.90. The van der Waals surface area contributed by atoms with E-state index in [1.165, 1.54) is 27.9 Å². The first-order valence-corrected chi connectivity index (χ1v) is 11.3. The number of hydrogen-bond acceptors (Lipinski definition) is 5. The molecule has 8 nitrogen and oxygen atoms in total. The number of H-pyrrole nitrogens is 1. The molecule has 0 amide bonds. The van der Waals surface area contributed by atoms with Gasteiger partial charge in [0.25, 0.3) is 10.2 Å². The summed E-state index contributed by atoms with van der Waals surface area (Å²) in [6.45, 7) is 1.34. The minimum atomic E-state index is -3.60. The van der Waals surface area contributed by atoms with Crippen molar-refractivity contribution in [2.45, 2.75) is 43.9 Å². The standard InChI is InChI=1S/C17H28FN5O3S/c18-10-14-11-23(27(24,25)22-6-8-26-9-7-22)12-15(14)17-19-16(20-21-17)13-4-2-1-3-5-13/h13-15H,1-12H2,(H,19,20,21)/t14-,15-/m1/s1. The van der Waals surface area contributed by atoms with Crippen LogP contribution in [0.15, 0.2) is 0 Å². The number of aromatic amines is 1. The van der Waals surface area contributed by atoms with Gasteiger partial charge in [-0.1, -0.05) is 19.3 Å². The Kier molecular flexibility index (Phi) is 5.77. The highest BCUT2D eigenvalue weighted by atomic mass is 32.2. The van der Waals surface area contributed by atoms with Crippen molar-refractivity contribution < 1.29 is 17.5 Å². The highest BCUT2D eigenvalue weighted by Crippen LogP contribution is 2.36. The van der Waals surface area contributed by atoms with E-state index in [-0.39, 0.29) is 19.0 Å². The van der Waals surface area contributed by atoms with Crippen LogP contribution in [0.2, 0.25) is 0 Å². The molecule has 2 saturated heterocycles. The molecule has 0 radical (unpaired) electrons. The number of morpholine rings is 1. The van der Waals surface area contributed by atoms with E-state index in [1.807, 2.05) is 0 Å². The van der Waals surface area contributed by atoms with Crippen LogP contribution in [0.4, 0.5) is 4.39 Å². The minimum Gasteiger partial charge on any atom is -0.379 e. The first-order chi connectivity index (χ1) is 13.1. The highest BCUT2D eigenvalue weighted by Gasteiger charge is 2.43. The molecule has 3 fully saturated rings. The van der Waals surface area contributed by atoms with E-state index in [2.05, 4.69) is 15.2 Å². The van der Waals surface area contributed by atoms with Gasteiger partial charge in [0.15, 0.2) is 5.82 Å². The summed E-state index contributed by atoms with van der Waals surface area (Å²) in [5.74, 6) is 1.11. The average Bonchev–Trinajstić information content (AvgIpc) is 3.36. The van der Waals surface area contributed by atoms with Crippen LogP contribution in [0.3, 0.4) is 0 Å². The summed E-state index contributed by atoms with van der Waals surface area (Å²) >= 11 is 0. The summed E-state index contributed by atoms with van der Waals surface area (Å²) in [5.41, 5.74) is 0. The lowest BCUT2D eigenvalue weighted by Gasteiger charge is -2.30. The van der Waals surface area contributed by atoms with E-state index in [9.17, 15) is 12.8 Å². The summed E-state index contributed by atoms with van der Waals surface area (Å²) in [4.78, 5) is 4.65.